The first-order valence-electron chi connectivity index (χ1n) is 5.47. The molecular weight excluding hydrogens is 269 g/mol. The summed E-state index contributed by atoms with van der Waals surface area (Å²) >= 11 is 5.70. The number of amides is 1. The lowest BCUT2D eigenvalue weighted by Gasteiger charge is -2.08. The van der Waals surface area contributed by atoms with Crippen LogP contribution in [0.2, 0.25) is 5.15 Å². The van der Waals surface area contributed by atoms with E-state index in [9.17, 15) is 9.18 Å². The summed E-state index contributed by atoms with van der Waals surface area (Å²) in [6.45, 7) is 1.54. The summed E-state index contributed by atoms with van der Waals surface area (Å²) in [4.78, 5) is 15.9. The summed E-state index contributed by atoms with van der Waals surface area (Å²) in [6, 6.07) is 7.50. The number of pyridine rings is 1. The number of aromatic nitrogens is 1. The predicted octanol–water partition coefficient (Wildman–Crippen LogP) is 3.02. The fourth-order valence-electron chi connectivity index (χ4n) is 1.62. The molecule has 2 aromatic rings. The summed E-state index contributed by atoms with van der Waals surface area (Å²) in [5.41, 5.74) is 6.11. The van der Waals surface area contributed by atoms with E-state index in [1.165, 1.54) is 12.1 Å². The maximum Gasteiger partial charge on any atom is 0.259 e. The van der Waals surface area contributed by atoms with Gasteiger partial charge in [0.05, 0.1) is 5.56 Å². The molecule has 0 aliphatic heterocycles. The molecule has 19 heavy (non-hydrogen) atoms. The molecule has 1 aromatic carbocycles. The van der Waals surface area contributed by atoms with E-state index in [1.54, 1.807) is 25.1 Å². The molecule has 3 N–H and O–H groups in total. The molecule has 0 aliphatic carbocycles. The number of nitrogen functional groups attached to an aromatic ring is 1. The SMILES string of the molecule is Cc1cc(N)cc(C(=O)Nc2cccc(Cl)n2)c1F. The molecule has 1 aromatic heterocycles. The molecule has 0 spiro atoms. The highest BCUT2D eigenvalue weighted by atomic mass is 35.5. The Balaban J connectivity index is 2.30. The van der Waals surface area contributed by atoms with Gasteiger partial charge in [-0.2, -0.15) is 0 Å². The van der Waals surface area contributed by atoms with E-state index in [2.05, 4.69) is 10.3 Å². The Labute approximate surface area is 114 Å². The molecule has 0 saturated carbocycles. The third-order valence-electron chi connectivity index (χ3n) is 2.48. The van der Waals surface area contributed by atoms with Gasteiger partial charge in [-0.25, -0.2) is 9.37 Å². The molecule has 2 rings (SSSR count). The molecule has 0 aliphatic rings. The van der Waals surface area contributed by atoms with Gasteiger partial charge >= 0.3 is 0 Å². The Hall–Kier alpha value is -2.14. The van der Waals surface area contributed by atoms with Crippen molar-refractivity contribution < 1.29 is 9.18 Å². The van der Waals surface area contributed by atoms with Gasteiger partial charge in [-0.1, -0.05) is 17.7 Å². The average molecular weight is 280 g/mol. The quantitative estimate of drug-likeness (QED) is 0.656. The van der Waals surface area contributed by atoms with Crippen LogP contribution < -0.4 is 11.1 Å². The van der Waals surface area contributed by atoms with E-state index in [-0.39, 0.29) is 16.5 Å². The van der Waals surface area contributed by atoms with Crippen LogP contribution in [-0.4, -0.2) is 10.9 Å². The molecule has 0 saturated heterocycles. The van der Waals surface area contributed by atoms with Gasteiger partial charge in [-0.3, -0.25) is 4.79 Å². The standard InChI is InChI=1S/C13H11ClFN3O/c1-7-5-8(16)6-9(12(7)15)13(19)18-11-4-2-3-10(14)17-11/h2-6H,16H2,1H3,(H,17,18,19). The van der Waals surface area contributed by atoms with E-state index < -0.39 is 11.7 Å². The Kier molecular flexibility index (Phi) is 3.66. The molecule has 0 bridgehead atoms. The minimum absolute atomic E-state index is 0.126. The topological polar surface area (TPSA) is 68.0 Å². The number of nitrogens with one attached hydrogen (secondary N) is 1. The fourth-order valence-corrected chi connectivity index (χ4v) is 1.79. The summed E-state index contributed by atoms with van der Waals surface area (Å²) in [7, 11) is 0. The maximum absolute atomic E-state index is 13.9. The third-order valence-corrected chi connectivity index (χ3v) is 2.69. The van der Waals surface area contributed by atoms with Gasteiger partial charge in [0.2, 0.25) is 0 Å². The number of hydrogen-bond donors (Lipinski definition) is 2. The summed E-state index contributed by atoms with van der Waals surface area (Å²) < 4.78 is 13.9. The van der Waals surface area contributed by atoms with Crippen LogP contribution >= 0.6 is 11.6 Å². The number of carbonyl (C=O) groups excluding carboxylic acids is 1. The molecule has 0 radical (unpaired) electrons. The van der Waals surface area contributed by atoms with Gasteiger partial charge in [0, 0.05) is 5.69 Å². The lowest BCUT2D eigenvalue weighted by molar-refractivity contribution is 0.102. The van der Waals surface area contributed by atoms with Gasteiger partial charge in [0.25, 0.3) is 5.91 Å². The Morgan fingerprint density at radius 2 is 2.16 bits per heavy atom. The molecule has 0 unspecified atom stereocenters. The largest absolute Gasteiger partial charge is 0.399 e. The van der Waals surface area contributed by atoms with Crippen LogP contribution in [0.1, 0.15) is 15.9 Å². The lowest BCUT2D eigenvalue weighted by Crippen LogP contribution is -2.15. The molecule has 0 fully saturated rings. The Morgan fingerprint density at radius 3 is 2.84 bits per heavy atom. The third kappa shape index (κ3) is 3.00. The lowest BCUT2D eigenvalue weighted by atomic mass is 10.1. The van der Waals surface area contributed by atoms with Gasteiger partial charge in [0.15, 0.2) is 0 Å². The average Bonchev–Trinajstić information content (AvgIpc) is 2.33. The monoisotopic (exact) mass is 279 g/mol. The molecule has 6 heteroatoms. The first kappa shape index (κ1) is 13.3. The van der Waals surface area contributed by atoms with E-state index >= 15 is 0 Å². The number of nitrogens with two attached hydrogens (primary N) is 1. The van der Waals surface area contributed by atoms with Crippen LogP contribution in [0.15, 0.2) is 30.3 Å². The van der Waals surface area contributed by atoms with Crippen LogP contribution in [0.25, 0.3) is 0 Å². The number of aryl methyl sites for hydroxylation is 1. The van der Waals surface area contributed by atoms with Crippen LogP contribution in [-0.2, 0) is 0 Å². The van der Waals surface area contributed by atoms with E-state index in [1.807, 2.05) is 0 Å². The van der Waals surface area contributed by atoms with Gasteiger partial charge < -0.3 is 11.1 Å². The molecule has 98 valence electrons. The number of benzene rings is 1. The van der Waals surface area contributed by atoms with Crippen molar-refractivity contribution in [2.75, 3.05) is 11.1 Å². The highest BCUT2D eigenvalue weighted by Crippen LogP contribution is 2.18. The highest BCUT2D eigenvalue weighted by Gasteiger charge is 2.15. The van der Waals surface area contributed by atoms with Crippen molar-refractivity contribution in [1.29, 1.82) is 0 Å². The molecule has 4 nitrogen and oxygen atoms in total. The van der Waals surface area contributed by atoms with E-state index in [0.29, 0.717) is 11.3 Å². The van der Waals surface area contributed by atoms with Crippen molar-refractivity contribution in [3.8, 4) is 0 Å². The second kappa shape index (κ2) is 5.24. The van der Waals surface area contributed by atoms with Gasteiger partial charge in [-0.05, 0) is 36.8 Å². The van der Waals surface area contributed by atoms with Gasteiger partial charge in [-0.15, -0.1) is 0 Å². The number of halogens is 2. The van der Waals surface area contributed by atoms with Crippen LogP contribution in [0.5, 0.6) is 0 Å². The van der Waals surface area contributed by atoms with Crippen molar-refractivity contribution in [2.45, 2.75) is 6.92 Å². The Morgan fingerprint density at radius 1 is 1.42 bits per heavy atom. The summed E-state index contributed by atoms with van der Waals surface area (Å²) in [5.74, 6) is -0.978. The highest BCUT2D eigenvalue weighted by molar-refractivity contribution is 6.29. The van der Waals surface area contributed by atoms with Crippen LogP contribution in [0.3, 0.4) is 0 Å². The minimum Gasteiger partial charge on any atom is -0.399 e. The molecule has 1 amide bonds. The smallest absolute Gasteiger partial charge is 0.259 e. The minimum atomic E-state index is -0.623. The normalized spacial score (nSPS) is 10.3. The first-order chi connectivity index (χ1) is 8.97. The number of nitrogens with zero attached hydrogens (tertiary/aromatic N) is 1. The summed E-state index contributed by atoms with van der Waals surface area (Å²) in [5, 5.41) is 2.70. The van der Waals surface area contributed by atoms with Crippen molar-refractivity contribution >= 4 is 29.0 Å². The van der Waals surface area contributed by atoms with Gasteiger partial charge in [0.1, 0.15) is 16.8 Å². The number of anilines is 2. The zero-order valence-corrected chi connectivity index (χ0v) is 10.8. The Bertz CT molecular complexity index is 646. The zero-order valence-electron chi connectivity index (χ0n) is 10.1. The van der Waals surface area contributed by atoms with Crippen LogP contribution in [0, 0.1) is 12.7 Å². The molecule has 1 heterocycles. The summed E-state index contributed by atoms with van der Waals surface area (Å²) in [6.07, 6.45) is 0. The molecule has 0 atom stereocenters. The maximum atomic E-state index is 13.9. The van der Waals surface area contributed by atoms with Crippen molar-refractivity contribution in [3.63, 3.8) is 0 Å². The second-order valence-electron chi connectivity index (χ2n) is 4.00. The number of rotatable bonds is 2. The van der Waals surface area contributed by atoms with Crippen molar-refractivity contribution in [3.05, 3.63) is 52.4 Å². The number of carbonyl (C=O) groups is 1. The predicted molar refractivity (Wildman–Crippen MR) is 72.7 cm³/mol. The zero-order chi connectivity index (χ0) is 14.0. The van der Waals surface area contributed by atoms with Crippen molar-refractivity contribution in [2.24, 2.45) is 0 Å². The van der Waals surface area contributed by atoms with Crippen LogP contribution in [0.4, 0.5) is 15.9 Å². The second-order valence-corrected chi connectivity index (χ2v) is 4.39. The number of hydrogen-bond acceptors (Lipinski definition) is 3. The van der Waals surface area contributed by atoms with E-state index in [4.69, 9.17) is 17.3 Å². The molecular formula is C13H11ClFN3O. The fraction of sp³-hybridized carbons (Fsp3) is 0.0769. The first-order valence-corrected chi connectivity index (χ1v) is 5.84. The van der Waals surface area contributed by atoms with Crippen molar-refractivity contribution in [1.82, 2.24) is 4.98 Å². The van der Waals surface area contributed by atoms with E-state index in [0.717, 1.165) is 0 Å².